The molecule has 7 nitrogen and oxygen atoms in total. The van der Waals surface area contributed by atoms with Crippen LogP contribution in [0.25, 0.3) is 0 Å². The third kappa shape index (κ3) is 8.30. The number of benzene rings is 1. The fourth-order valence-corrected chi connectivity index (χ4v) is 3.72. The number of aryl methyl sites for hydroxylation is 1. The number of piperidine rings is 1. The number of aromatic nitrogens is 2. The first-order valence-corrected chi connectivity index (χ1v) is 10.6. The van der Waals surface area contributed by atoms with Gasteiger partial charge in [-0.05, 0) is 90.5 Å². The number of carbonyl (C=O) groups excluding carboxylic acids is 1. The van der Waals surface area contributed by atoms with Crippen LogP contribution in [0.3, 0.4) is 0 Å². The van der Waals surface area contributed by atoms with E-state index in [1.54, 1.807) is 12.1 Å². The quantitative estimate of drug-likeness (QED) is 0.198. The monoisotopic (exact) mass is 522 g/mol. The van der Waals surface area contributed by atoms with Gasteiger partial charge in [0.2, 0.25) is 6.29 Å². The minimum absolute atomic E-state index is 0.310. The van der Waals surface area contributed by atoms with Gasteiger partial charge in [-0.2, -0.15) is 13.2 Å². The summed E-state index contributed by atoms with van der Waals surface area (Å²) in [6.07, 6.45) is -1.28. The largest absolute Gasteiger partial charge is 0.446 e. The molecule has 0 saturated carbocycles. The molecule has 32 heavy (non-hydrogen) atoms. The summed E-state index contributed by atoms with van der Waals surface area (Å²) >= 11 is 3.17. The van der Waals surface area contributed by atoms with Crippen molar-refractivity contribution < 1.29 is 32.2 Å². The van der Waals surface area contributed by atoms with Crippen LogP contribution in [0.4, 0.5) is 17.6 Å². The molecule has 2 aromatic rings. The minimum atomic E-state index is -4.64. The van der Waals surface area contributed by atoms with E-state index in [9.17, 15) is 22.8 Å². The molecule has 0 radical (unpaired) electrons. The topological polar surface area (TPSA) is 91.8 Å². The molecule has 176 valence electrons. The summed E-state index contributed by atoms with van der Waals surface area (Å²) in [5.41, 5.74) is 2.34. The highest BCUT2D eigenvalue weighted by Crippen LogP contribution is 2.23. The highest BCUT2D eigenvalue weighted by molar-refractivity contribution is 9.10. The Morgan fingerprint density at radius 2 is 2.00 bits per heavy atom. The number of halogens is 5. The van der Waals surface area contributed by atoms with Gasteiger partial charge in [0.05, 0.1) is 4.47 Å². The molecule has 0 amide bonds. The maximum Gasteiger partial charge on any atom is 0.446 e. The van der Waals surface area contributed by atoms with Crippen LogP contribution >= 0.6 is 15.9 Å². The van der Waals surface area contributed by atoms with Gasteiger partial charge in [0.15, 0.2) is 5.69 Å². The molecule has 1 N–H and O–H groups in total. The van der Waals surface area contributed by atoms with Gasteiger partial charge < -0.3 is 10.1 Å². The highest BCUT2D eigenvalue weighted by Gasteiger charge is 2.25. The second-order valence-corrected chi connectivity index (χ2v) is 8.33. The second-order valence-electron chi connectivity index (χ2n) is 7.48. The lowest BCUT2D eigenvalue weighted by atomic mass is 9.91. The van der Waals surface area contributed by atoms with Gasteiger partial charge in [-0.1, -0.05) is 16.4 Å². The van der Waals surface area contributed by atoms with Crippen LogP contribution in [0.15, 0.2) is 32.5 Å². The Bertz CT molecular complexity index is 912. The summed E-state index contributed by atoms with van der Waals surface area (Å²) in [5, 5.41) is 20.8. The molecule has 1 aliphatic rings. The van der Waals surface area contributed by atoms with Crippen LogP contribution in [0.1, 0.15) is 36.2 Å². The number of hydrogen-bond acceptors (Lipinski definition) is 7. The lowest BCUT2D eigenvalue weighted by Gasteiger charge is -2.28. The van der Waals surface area contributed by atoms with E-state index in [0.717, 1.165) is 31.5 Å². The zero-order chi connectivity index (χ0) is 23.7. The molecule has 1 saturated heterocycles. The molecule has 1 aliphatic heterocycles. The molecule has 0 aliphatic carbocycles. The van der Waals surface area contributed by atoms with Crippen molar-refractivity contribution in [3.05, 3.63) is 45.4 Å². The van der Waals surface area contributed by atoms with Crippen molar-refractivity contribution in [1.29, 1.82) is 0 Å². The number of aldehydes is 1. The highest BCUT2D eigenvalue weighted by atomic mass is 79.9. The van der Waals surface area contributed by atoms with Crippen molar-refractivity contribution in [3.8, 4) is 0 Å². The third-order valence-corrected chi connectivity index (χ3v) is 5.67. The van der Waals surface area contributed by atoms with E-state index in [1.807, 2.05) is 0 Å². The Labute approximate surface area is 190 Å². The van der Waals surface area contributed by atoms with Crippen LogP contribution in [-0.2, 0) is 17.6 Å². The van der Waals surface area contributed by atoms with Crippen molar-refractivity contribution in [3.63, 3.8) is 0 Å². The summed E-state index contributed by atoms with van der Waals surface area (Å²) in [6.45, 7) is 2.24. The van der Waals surface area contributed by atoms with Crippen LogP contribution in [0.5, 0.6) is 0 Å². The number of alkyl halides is 3. The Balaban J connectivity index is 0.000000534. The summed E-state index contributed by atoms with van der Waals surface area (Å²) in [6, 6.07) is 4.68. The van der Waals surface area contributed by atoms with Crippen molar-refractivity contribution in [2.75, 3.05) is 20.1 Å². The fourth-order valence-electron chi connectivity index (χ4n) is 3.29. The zero-order valence-corrected chi connectivity index (χ0v) is 18.9. The molecule has 12 heteroatoms. The third-order valence-electron chi connectivity index (χ3n) is 5.07. The van der Waals surface area contributed by atoms with Gasteiger partial charge >= 0.3 is 6.18 Å². The van der Waals surface area contributed by atoms with Crippen LogP contribution < -0.4 is 0 Å². The Morgan fingerprint density at radius 3 is 2.56 bits per heavy atom. The van der Waals surface area contributed by atoms with Crippen molar-refractivity contribution in [2.45, 2.75) is 38.3 Å². The number of likely N-dealkylation sites (tertiary alicyclic amines) is 1. The molecule has 0 atom stereocenters. The first-order valence-electron chi connectivity index (χ1n) is 9.81. The van der Waals surface area contributed by atoms with E-state index in [2.05, 4.69) is 43.3 Å². The maximum atomic E-state index is 13.4. The standard InChI is InChI=1S/C18H22BrFN4O2.C2HF3O/c1-24-8-6-12(7-9-24)3-5-16-18(23-26-22-16)17(21-25)11-13-2-4-15(20)14(19)10-13;3-2(4,5)1-6/h2,4,10,12,25H,3,5-9,11H2,1H3;1H. The van der Waals surface area contributed by atoms with Crippen molar-refractivity contribution in [1.82, 2.24) is 15.2 Å². The first kappa shape index (κ1) is 25.9. The van der Waals surface area contributed by atoms with E-state index in [-0.39, 0.29) is 5.82 Å². The van der Waals surface area contributed by atoms with E-state index in [1.165, 1.54) is 18.9 Å². The molecular formula is C20H23BrF4N4O3. The molecule has 2 heterocycles. The summed E-state index contributed by atoms with van der Waals surface area (Å²) < 4.78 is 49.9. The molecule has 3 rings (SSSR count). The molecule has 1 aromatic heterocycles. The molecule has 1 fully saturated rings. The van der Waals surface area contributed by atoms with Gasteiger partial charge in [-0.3, -0.25) is 4.79 Å². The van der Waals surface area contributed by atoms with E-state index in [0.29, 0.717) is 33.9 Å². The van der Waals surface area contributed by atoms with Crippen LogP contribution in [-0.4, -0.2) is 58.7 Å². The molecule has 1 aromatic carbocycles. The normalized spacial score (nSPS) is 15.9. The van der Waals surface area contributed by atoms with Crippen molar-refractivity contribution in [2.24, 2.45) is 11.1 Å². The summed E-state index contributed by atoms with van der Waals surface area (Å²) in [7, 11) is 2.15. The Kier molecular flexibility index (Phi) is 9.76. The molecular weight excluding hydrogens is 500 g/mol. The van der Waals surface area contributed by atoms with Gasteiger partial charge in [0.25, 0.3) is 0 Å². The van der Waals surface area contributed by atoms with Gasteiger partial charge in [0.1, 0.15) is 17.2 Å². The fraction of sp³-hybridized carbons (Fsp3) is 0.500. The number of oxime groups is 1. The lowest BCUT2D eigenvalue weighted by Crippen LogP contribution is -2.30. The number of rotatable bonds is 6. The number of hydrogen-bond donors (Lipinski definition) is 1. The van der Waals surface area contributed by atoms with Gasteiger partial charge in [-0.25, -0.2) is 9.02 Å². The predicted octanol–water partition coefficient (Wildman–Crippen LogP) is 4.41. The summed E-state index contributed by atoms with van der Waals surface area (Å²) in [5.74, 6) is 0.330. The predicted molar refractivity (Wildman–Crippen MR) is 111 cm³/mol. The smallest absolute Gasteiger partial charge is 0.411 e. The SMILES string of the molecule is CN1CCC(CCc2nonc2C(Cc2ccc(F)c(Br)c2)=NO)CC1.O=CC(F)(F)F. The Hall–Kier alpha value is -2.34. The molecule has 0 bridgehead atoms. The van der Waals surface area contributed by atoms with Gasteiger partial charge in [0, 0.05) is 6.42 Å². The molecule has 0 unspecified atom stereocenters. The van der Waals surface area contributed by atoms with E-state index >= 15 is 0 Å². The Morgan fingerprint density at radius 1 is 1.34 bits per heavy atom. The van der Waals surface area contributed by atoms with Crippen LogP contribution in [0, 0.1) is 11.7 Å². The second kappa shape index (κ2) is 12.0. The van der Waals surface area contributed by atoms with Crippen molar-refractivity contribution >= 4 is 27.9 Å². The van der Waals surface area contributed by atoms with E-state index in [4.69, 9.17) is 9.42 Å². The maximum absolute atomic E-state index is 13.4. The lowest BCUT2D eigenvalue weighted by molar-refractivity contribution is -0.156. The van der Waals surface area contributed by atoms with Gasteiger partial charge in [-0.15, -0.1) is 0 Å². The number of carbonyl (C=O) groups is 1. The average Bonchev–Trinajstić information content (AvgIpc) is 3.22. The average molecular weight is 523 g/mol. The first-order chi connectivity index (χ1) is 15.1. The van der Waals surface area contributed by atoms with E-state index < -0.39 is 12.5 Å². The molecule has 0 spiro atoms. The zero-order valence-electron chi connectivity index (χ0n) is 17.3. The minimum Gasteiger partial charge on any atom is -0.411 e. The van der Waals surface area contributed by atoms with Crippen LogP contribution in [0.2, 0.25) is 0 Å². The number of nitrogens with zero attached hydrogens (tertiary/aromatic N) is 4. The summed E-state index contributed by atoms with van der Waals surface area (Å²) in [4.78, 5) is 11.0.